The number of anilines is 1. The van der Waals surface area contributed by atoms with Gasteiger partial charge in [-0.2, -0.15) is 0 Å². The third-order valence-electron chi connectivity index (χ3n) is 4.96. The van der Waals surface area contributed by atoms with Crippen LogP contribution in [-0.2, 0) is 16.0 Å². The van der Waals surface area contributed by atoms with Gasteiger partial charge in [0.2, 0.25) is 11.8 Å². The zero-order valence-corrected chi connectivity index (χ0v) is 15.3. The summed E-state index contributed by atoms with van der Waals surface area (Å²) in [4.78, 5) is 26.5. The molecule has 4 rings (SSSR count). The van der Waals surface area contributed by atoms with Crippen molar-refractivity contribution in [2.75, 3.05) is 31.2 Å². The van der Waals surface area contributed by atoms with Crippen molar-refractivity contribution in [1.29, 1.82) is 0 Å². The molecule has 0 aliphatic carbocycles. The quantitative estimate of drug-likeness (QED) is 0.859. The number of hydrogen-bond acceptors (Lipinski definition) is 4. The van der Waals surface area contributed by atoms with Crippen molar-refractivity contribution in [3.63, 3.8) is 0 Å². The molecule has 0 spiro atoms. The average molecular weight is 384 g/mol. The summed E-state index contributed by atoms with van der Waals surface area (Å²) in [5, 5.41) is 2.87. The Hall–Kier alpha value is -3.09. The van der Waals surface area contributed by atoms with Crippen LogP contribution in [0.3, 0.4) is 0 Å². The lowest BCUT2D eigenvalue weighted by Gasteiger charge is -2.22. The molecule has 2 aromatic carbocycles. The molecule has 2 amide bonds. The van der Waals surface area contributed by atoms with Gasteiger partial charge < -0.3 is 19.7 Å². The molecule has 0 aromatic heterocycles. The van der Waals surface area contributed by atoms with E-state index in [1.165, 1.54) is 12.1 Å². The number of halogens is 1. The highest BCUT2D eigenvalue weighted by Crippen LogP contribution is 2.35. The minimum absolute atomic E-state index is 0.0876. The van der Waals surface area contributed by atoms with Crippen molar-refractivity contribution in [3.8, 4) is 11.5 Å². The fourth-order valence-electron chi connectivity index (χ4n) is 3.46. The standard InChI is InChI=1S/C21H21FN2O4/c22-16-3-1-14(2-4-16)7-8-23-21(26)15-11-20(25)24(13-15)17-5-6-18-19(12-17)28-10-9-27-18/h1-6,12,15H,7-11,13H2,(H,23,26). The van der Waals surface area contributed by atoms with Gasteiger partial charge in [0.1, 0.15) is 19.0 Å². The summed E-state index contributed by atoms with van der Waals surface area (Å²) in [7, 11) is 0. The van der Waals surface area contributed by atoms with Crippen molar-refractivity contribution in [1.82, 2.24) is 5.32 Å². The highest BCUT2D eigenvalue weighted by molar-refractivity contribution is 6.00. The molecule has 0 bridgehead atoms. The van der Waals surface area contributed by atoms with Crippen LogP contribution in [-0.4, -0.2) is 38.1 Å². The molecule has 1 atom stereocenters. The number of carbonyl (C=O) groups is 2. The first-order chi connectivity index (χ1) is 13.6. The van der Waals surface area contributed by atoms with E-state index >= 15 is 0 Å². The predicted molar refractivity (Wildman–Crippen MR) is 101 cm³/mol. The van der Waals surface area contributed by atoms with E-state index in [-0.39, 0.29) is 24.1 Å². The van der Waals surface area contributed by atoms with Crippen LogP contribution in [0.4, 0.5) is 10.1 Å². The van der Waals surface area contributed by atoms with E-state index in [2.05, 4.69) is 5.32 Å². The highest BCUT2D eigenvalue weighted by atomic mass is 19.1. The molecule has 1 saturated heterocycles. The molecule has 146 valence electrons. The number of rotatable bonds is 5. The summed E-state index contributed by atoms with van der Waals surface area (Å²) < 4.78 is 24.0. The van der Waals surface area contributed by atoms with Crippen LogP contribution < -0.4 is 19.7 Å². The lowest BCUT2D eigenvalue weighted by molar-refractivity contribution is -0.126. The van der Waals surface area contributed by atoms with Gasteiger partial charge in [-0.15, -0.1) is 0 Å². The van der Waals surface area contributed by atoms with E-state index < -0.39 is 5.92 Å². The molecule has 2 aliphatic heterocycles. The zero-order valence-electron chi connectivity index (χ0n) is 15.3. The zero-order chi connectivity index (χ0) is 19.5. The van der Waals surface area contributed by atoms with Crippen LogP contribution in [0.2, 0.25) is 0 Å². The average Bonchev–Trinajstić information content (AvgIpc) is 3.11. The van der Waals surface area contributed by atoms with E-state index in [4.69, 9.17) is 9.47 Å². The Morgan fingerprint density at radius 1 is 1.11 bits per heavy atom. The lowest BCUT2D eigenvalue weighted by Crippen LogP contribution is -2.34. The first-order valence-electron chi connectivity index (χ1n) is 9.32. The number of hydrogen-bond donors (Lipinski definition) is 1. The minimum Gasteiger partial charge on any atom is -0.486 e. The SMILES string of the molecule is O=C(NCCc1ccc(F)cc1)C1CC(=O)N(c2ccc3c(c2)OCCO3)C1. The molecular formula is C21H21FN2O4. The normalized spacial score (nSPS) is 18.2. The Balaban J connectivity index is 1.33. The summed E-state index contributed by atoms with van der Waals surface area (Å²) in [5.74, 6) is 0.372. The molecular weight excluding hydrogens is 363 g/mol. The molecule has 1 N–H and O–H groups in total. The summed E-state index contributed by atoms with van der Waals surface area (Å²) in [6.07, 6.45) is 0.787. The first-order valence-corrected chi connectivity index (χ1v) is 9.32. The van der Waals surface area contributed by atoms with Crippen molar-refractivity contribution >= 4 is 17.5 Å². The second-order valence-electron chi connectivity index (χ2n) is 6.90. The van der Waals surface area contributed by atoms with Crippen LogP contribution in [0.5, 0.6) is 11.5 Å². The number of amides is 2. The maximum absolute atomic E-state index is 12.9. The fourth-order valence-corrected chi connectivity index (χ4v) is 3.46. The monoisotopic (exact) mass is 384 g/mol. The molecule has 0 radical (unpaired) electrons. The van der Waals surface area contributed by atoms with Crippen molar-refractivity contribution in [2.24, 2.45) is 5.92 Å². The third-order valence-corrected chi connectivity index (χ3v) is 4.96. The van der Waals surface area contributed by atoms with Gasteiger partial charge in [0.15, 0.2) is 11.5 Å². The summed E-state index contributed by atoms with van der Waals surface area (Å²) in [5.41, 5.74) is 1.65. The Labute approximate surface area is 162 Å². The van der Waals surface area contributed by atoms with Gasteiger partial charge in [0.25, 0.3) is 0 Å². The maximum Gasteiger partial charge on any atom is 0.227 e. The minimum atomic E-state index is -0.395. The second-order valence-corrected chi connectivity index (χ2v) is 6.90. The summed E-state index contributed by atoms with van der Waals surface area (Å²) in [6.45, 7) is 1.76. The number of nitrogens with zero attached hydrogens (tertiary/aromatic N) is 1. The van der Waals surface area contributed by atoms with Gasteiger partial charge in [0, 0.05) is 31.3 Å². The largest absolute Gasteiger partial charge is 0.486 e. The molecule has 6 nitrogen and oxygen atoms in total. The van der Waals surface area contributed by atoms with Crippen molar-refractivity contribution < 1.29 is 23.5 Å². The van der Waals surface area contributed by atoms with Crippen LogP contribution in [0, 0.1) is 11.7 Å². The third kappa shape index (κ3) is 3.93. The molecule has 2 heterocycles. The Bertz CT molecular complexity index is 884. The molecule has 7 heteroatoms. The number of fused-ring (bicyclic) bond motifs is 1. The van der Waals surface area contributed by atoms with Gasteiger partial charge in [-0.1, -0.05) is 12.1 Å². The molecule has 2 aromatic rings. The Morgan fingerprint density at radius 3 is 2.64 bits per heavy atom. The van der Waals surface area contributed by atoms with Crippen LogP contribution in [0.15, 0.2) is 42.5 Å². The molecule has 2 aliphatic rings. The molecule has 0 saturated carbocycles. The Kier molecular flexibility index (Phi) is 5.14. The molecule has 1 unspecified atom stereocenters. The second kappa shape index (κ2) is 7.88. The number of benzene rings is 2. The van der Waals surface area contributed by atoms with E-state index in [9.17, 15) is 14.0 Å². The Morgan fingerprint density at radius 2 is 1.86 bits per heavy atom. The number of ether oxygens (including phenoxy) is 2. The van der Waals surface area contributed by atoms with Gasteiger partial charge in [0.05, 0.1) is 5.92 Å². The number of nitrogens with one attached hydrogen (secondary N) is 1. The first kappa shape index (κ1) is 18.3. The molecule has 28 heavy (non-hydrogen) atoms. The van der Waals surface area contributed by atoms with E-state index in [1.54, 1.807) is 35.2 Å². The summed E-state index contributed by atoms with van der Waals surface area (Å²) >= 11 is 0. The van der Waals surface area contributed by atoms with Crippen molar-refractivity contribution in [2.45, 2.75) is 12.8 Å². The van der Waals surface area contributed by atoms with Gasteiger partial charge in [-0.3, -0.25) is 9.59 Å². The predicted octanol–water partition coefficient (Wildman–Crippen LogP) is 2.31. The van der Waals surface area contributed by atoms with Crippen molar-refractivity contribution in [3.05, 3.63) is 53.8 Å². The summed E-state index contributed by atoms with van der Waals surface area (Å²) in [6, 6.07) is 11.6. The van der Waals surface area contributed by atoms with Crippen LogP contribution in [0.1, 0.15) is 12.0 Å². The van der Waals surface area contributed by atoms with Gasteiger partial charge in [-0.25, -0.2) is 4.39 Å². The highest BCUT2D eigenvalue weighted by Gasteiger charge is 2.35. The van der Waals surface area contributed by atoms with Gasteiger partial charge in [-0.05, 0) is 36.2 Å². The van der Waals surface area contributed by atoms with Crippen LogP contribution >= 0.6 is 0 Å². The molecule has 1 fully saturated rings. The lowest BCUT2D eigenvalue weighted by atomic mass is 10.1. The topological polar surface area (TPSA) is 67.9 Å². The smallest absolute Gasteiger partial charge is 0.227 e. The van der Waals surface area contributed by atoms with E-state index in [0.717, 1.165) is 5.56 Å². The fraction of sp³-hybridized carbons (Fsp3) is 0.333. The van der Waals surface area contributed by atoms with Crippen LogP contribution in [0.25, 0.3) is 0 Å². The van der Waals surface area contributed by atoms with E-state index in [1.807, 2.05) is 0 Å². The van der Waals surface area contributed by atoms with Gasteiger partial charge >= 0.3 is 0 Å². The van der Waals surface area contributed by atoms with E-state index in [0.29, 0.717) is 49.9 Å². The maximum atomic E-state index is 12.9. The number of carbonyl (C=O) groups excluding carboxylic acids is 2.